The van der Waals surface area contributed by atoms with E-state index in [1.807, 2.05) is 6.92 Å². The van der Waals surface area contributed by atoms with Crippen LogP contribution in [0.15, 0.2) is 48.5 Å². The van der Waals surface area contributed by atoms with Crippen molar-refractivity contribution < 1.29 is 28.2 Å². The zero-order valence-corrected chi connectivity index (χ0v) is 21.9. The van der Waals surface area contributed by atoms with Crippen molar-refractivity contribution in [2.45, 2.75) is 46.8 Å². The van der Waals surface area contributed by atoms with E-state index in [0.717, 1.165) is 0 Å². The van der Waals surface area contributed by atoms with Crippen molar-refractivity contribution in [3.05, 3.63) is 82.4 Å². The normalized spacial score (nSPS) is 11.5. The molecule has 1 N–H and O–H groups in total. The number of nitrogens with one attached hydrogen (secondary N) is 1. The van der Waals surface area contributed by atoms with Gasteiger partial charge >= 0.3 is 12.0 Å². The molecule has 1 heterocycles. The molecule has 0 aliphatic heterocycles. The quantitative estimate of drug-likeness (QED) is 0.310. The zero-order chi connectivity index (χ0) is 27.3. The molecule has 9 heteroatoms. The standard InChI is InChI=1S/C28H32FN3O5/c1-7-31-18(3)24(17(2)25(31)27(34)37-6)26(33)19(4)32(16-20-12-14-21(29)15-13-20)28(35)30-22-10-8-9-11-23(22)36-5/h8-15,19H,7,16H2,1-6H3,(H,30,35). The minimum atomic E-state index is -0.921. The molecule has 0 bridgehead atoms. The first-order valence-corrected chi connectivity index (χ1v) is 11.9. The second-order valence-electron chi connectivity index (χ2n) is 8.59. The van der Waals surface area contributed by atoms with E-state index in [4.69, 9.17) is 9.47 Å². The van der Waals surface area contributed by atoms with E-state index < -0.39 is 23.9 Å². The summed E-state index contributed by atoms with van der Waals surface area (Å²) >= 11 is 0. The highest BCUT2D eigenvalue weighted by Gasteiger charge is 2.33. The fraction of sp³-hybridized carbons (Fsp3) is 0.321. The highest BCUT2D eigenvalue weighted by Crippen LogP contribution is 2.28. The van der Waals surface area contributed by atoms with E-state index >= 15 is 0 Å². The van der Waals surface area contributed by atoms with Crippen molar-refractivity contribution in [2.75, 3.05) is 19.5 Å². The third kappa shape index (κ3) is 5.66. The number of nitrogens with zero attached hydrogens (tertiary/aromatic N) is 2. The minimum Gasteiger partial charge on any atom is -0.495 e. The lowest BCUT2D eigenvalue weighted by atomic mass is 9.99. The largest absolute Gasteiger partial charge is 0.495 e. The molecule has 196 valence electrons. The van der Waals surface area contributed by atoms with Crippen LogP contribution in [0.4, 0.5) is 14.9 Å². The number of ketones is 1. The first-order chi connectivity index (χ1) is 17.6. The van der Waals surface area contributed by atoms with Gasteiger partial charge in [0, 0.05) is 24.3 Å². The van der Waals surface area contributed by atoms with Gasteiger partial charge in [-0.3, -0.25) is 4.79 Å². The number of aromatic nitrogens is 1. The summed E-state index contributed by atoms with van der Waals surface area (Å²) in [7, 11) is 2.79. The number of amides is 2. The number of Topliss-reactive ketones (excluding diaryl/α,β-unsaturated/α-hetero) is 1. The Hall–Kier alpha value is -4.14. The van der Waals surface area contributed by atoms with Crippen molar-refractivity contribution in [1.29, 1.82) is 0 Å². The van der Waals surface area contributed by atoms with Crippen LogP contribution in [0, 0.1) is 19.7 Å². The Morgan fingerprint density at radius 3 is 2.30 bits per heavy atom. The average Bonchev–Trinajstić information content (AvgIpc) is 3.16. The number of hydrogen-bond acceptors (Lipinski definition) is 5. The molecule has 0 saturated heterocycles. The van der Waals surface area contributed by atoms with Gasteiger partial charge in [-0.2, -0.15) is 0 Å². The molecule has 2 aromatic carbocycles. The molecule has 1 aromatic heterocycles. The number of benzene rings is 2. The van der Waals surface area contributed by atoms with Gasteiger partial charge in [-0.25, -0.2) is 14.0 Å². The molecule has 1 atom stereocenters. The predicted molar refractivity (Wildman–Crippen MR) is 139 cm³/mol. The van der Waals surface area contributed by atoms with E-state index in [1.54, 1.807) is 61.7 Å². The summed E-state index contributed by atoms with van der Waals surface area (Å²) in [5.74, 6) is -0.803. The topological polar surface area (TPSA) is 89.9 Å². The van der Waals surface area contributed by atoms with Crippen LogP contribution in [-0.4, -0.2) is 47.5 Å². The molecule has 0 saturated carbocycles. The first kappa shape index (κ1) is 27.4. The van der Waals surface area contributed by atoms with E-state index in [0.29, 0.717) is 46.1 Å². The molecule has 3 aromatic rings. The summed E-state index contributed by atoms with van der Waals surface area (Å²) in [6.07, 6.45) is 0. The van der Waals surface area contributed by atoms with Gasteiger partial charge in [-0.05, 0) is 63.1 Å². The number of para-hydroxylation sites is 2. The molecule has 0 fully saturated rings. The Balaban J connectivity index is 2.03. The van der Waals surface area contributed by atoms with Crippen LogP contribution in [-0.2, 0) is 17.8 Å². The van der Waals surface area contributed by atoms with E-state index in [1.165, 1.54) is 31.3 Å². The number of carbonyl (C=O) groups is 3. The highest BCUT2D eigenvalue weighted by atomic mass is 19.1. The number of urea groups is 1. The van der Waals surface area contributed by atoms with Gasteiger partial charge in [0.05, 0.1) is 25.9 Å². The van der Waals surface area contributed by atoms with E-state index in [9.17, 15) is 18.8 Å². The first-order valence-electron chi connectivity index (χ1n) is 11.9. The van der Waals surface area contributed by atoms with Crippen molar-refractivity contribution >= 4 is 23.5 Å². The number of rotatable bonds is 9. The molecular weight excluding hydrogens is 477 g/mol. The number of ether oxygens (including phenoxy) is 2. The summed E-state index contributed by atoms with van der Waals surface area (Å²) in [5.41, 5.74) is 2.87. The third-order valence-corrected chi connectivity index (χ3v) is 6.43. The highest BCUT2D eigenvalue weighted by molar-refractivity contribution is 6.07. The molecule has 8 nitrogen and oxygen atoms in total. The Morgan fingerprint density at radius 1 is 1.05 bits per heavy atom. The van der Waals surface area contributed by atoms with Crippen LogP contribution >= 0.6 is 0 Å². The maximum atomic E-state index is 13.9. The lowest BCUT2D eigenvalue weighted by Gasteiger charge is -2.29. The van der Waals surface area contributed by atoms with Gasteiger partial charge < -0.3 is 24.3 Å². The number of halogens is 1. The number of hydrogen-bond donors (Lipinski definition) is 1. The fourth-order valence-electron chi connectivity index (χ4n) is 4.47. The second-order valence-corrected chi connectivity index (χ2v) is 8.59. The van der Waals surface area contributed by atoms with Crippen LogP contribution in [0.2, 0.25) is 0 Å². The maximum Gasteiger partial charge on any atom is 0.354 e. The summed E-state index contributed by atoms with van der Waals surface area (Å²) in [5, 5.41) is 2.82. The Kier molecular flexibility index (Phi) is 8.70. The third-order valence-electron chi connectivity index (χ3n) is 6.43. The zero-order valence-electron chi connectivity index (χ0n) is 21.9. The summed E-state index contributed by atoms with van der Waals surface area (Å²) in [6.45, 7) is 7.48. The molecule has 1 unspecified atom stereocenters. The molecule has 0 aliphatic carbocycles. The van der Waals surface area contributed by atoms with Crippen LogP contribution in [0.25, 0.3) is 0 Å². The van der Waals surface area contributed by atoms with Crippen molar-refractivity contribution in [1.82, 2.24) is 9.47 Å². The molecule has 0 aliphatic rings. The number of methoxy groups -OCH3 is 2. The monoisotopic (exact) mass is 509 g/mol. The average molecular weight is 510 g/mol. The number of carbonyl (C=O) groups excluding carboxylic acids is 3. The van der Waals surface area contributed by atoms with Crippen LogP contribution in [0.5, 0.6) is 5.75 Å². The lowest BCUT2D eigenvalue weighted by Crippen LogP contribution is -2.45. The van der Waals surface area contributed by atoms with E-state index in [-0.39, 0.29) is 12.3 Å². The lowest BCUT2D eigenvalue weighted by molar-refractivity contribution is 0.0587. The molecule has 3 rings (SSSR count). The number of anilines is 1. The van der Waals surface area contributed by atoms with Gasteiger partial charge in [0.1, 0.15) is 17.3 Å². The van der Waals surface area contributed by atoms with Crippen molar-refractivity contribution in [3.8, 4) is 5.75 Å². The summed E-state index contributed by atoms with van der Waals surface area (Å²) in [6, 6.07) is 11.2. The Bertz CT molecular complexity index is 1300. The molecule has 0 radical (unpaired) electrons. The summed E-state index contributed by atoms with van der Waals surface area (Å²) < 4.78 is 25.5. The minimum absolute atomic E-state index is 0.0462. The van der Waals surface area contributed by atoms with Gasteiger partial charge in [0.2, 0.25) is 0 Å². The smallest absolute Gasteiger partial charge is 0.354 e. The van der Waals surface area contributed by atoms with Gasteiger partial charge in [-0.15, -0.1) is 0 Å². The van der Waals surface area contributed by atoms with Crippen molar-refractivity contribution in [3.63, 3.8) is 0 Å². The molecule has 0 spiro atoms. The molecule has 37 heavy (non-hydrogen) atoms. The van der Waals surface area contributed by atoms with Gasteiger partial charge in [0.15, 0.2) is 5.78 Å². The van der Waals surface area contributed by atoms with Crippen LogP contribution in [0.3, 0.4) is 0 Å². The maximum absolute atomic E-state index is 13.9. The molecule has 2 amide bonds. The van der Waals surface area contributed by atoms with Crippen molar-refractivity contribution in [2.24, 2.45) is 0 Å². The Labute approximate surface area is 216 Å². The van der Waals surface area contributed by atoms with Crippen LogP contribution < -0.4 is 10.1 Å². The van der Waals surface area contributed by atoms with Gasteiger partial charge in [0.25, 0.3) is 0 Å². The predicted octanol–water partition coefficient (Wildman–Crippen LogP) is 5.36. The fourth-order valence-corrected chi connectivity index (χ4v) is 4.47. The summed E-state index contributed by atoms with van der Waals surface area (Å²) in [4.78, 5) is 41.3. The molecular formula is C28H32FN3O5. The SMILES string of the molecule is CCn1c(C)c(C(=O)C(C)N(Cc2ccc(F)cc2)C(=O)Nc2ccccc2OC)c(C)c1C(=O)OC. The van der Waals surface area contributed by atoms with E-state index in [2.05, 4.69) is 5.32 Å². The Morgan fingerprint density at radius 2 is 1.70 bits per heavy atom. The van der Waals surface area contributed by atoms with Gasteiger partial charge in [-0.1, -0.05) is 24.3 Å². The number of esters is 1. The van der Waals surface area contributed by atoms with Crippen LogP contribution in [0.1, 0.15) is 51.5 Å². The second kappa shape index (κ2) is 11.7.